The van der Waals surface area contributed by atoms with Gasteiger partial charge in [0, 0.05) is 20.3 Å². The van der Waals surface area contributed by atoms with Crippen molar-refractivity contribution in [1.82, 2.24) is 4.98 Å². The normalized spacial score (nSPS) is 10.2. The van der Waals surface area contributed by atoms with Crippen LogP contribution in [0, 0.1) is 3.57 Å². The van der Waals surface area contributed by atoms with Gasteiger partial charge < -0.3 is 11.1 Å². The Bertz CT molecular complexity index is 574. The zero-order valence-electron chi connectivity index (χ0n) is 9.97. The van der Waals surface area contributed by atoms with Crippen molar-refractivity contribution < 1.29 is 4.79 Å². The number of thioether (sulfide) groups is 1. The minimum Gasteiger partial charge on any atom is -0.398 e. The SMILES string of the molecule is Nc1ccccc1SCC(=O)Nc1ccc(I)cn1. The largest absolute Gasteiger partial charge is 0.398 e. The van der Waals surface area contributed by atoms with Crippen molar-refractivity contribution in [2.75, 3.05) is 16.8 Å². The standard InChI is InChI=1S/C13H12IN3OS/c14-9-5-6-12(16-7-9)17-13(18)8-19-11-4-2-1-3-10(11)15/h1-7H,8,15H2,(H,16,17,18). The van der Waals surface area contributed by atoms with E-state index in [0.29, 0.717) is 17.3 Å². The number of rotatable bonds is 4. The highest BCUT2D eigenvalue weighted by atomic mass is 127. The van der Waals surface area contributed by atoms with Crippen molar-refractivity contribution in [2.45, 2.75) is 4.90 Å². The molecule has 0 spiro atoms. The maximum atomic E-state index is 11.8. The molecule has 1 aromatic carbocycles. The first-order valence-electron chi connectivity index (χ1n) is 5.54. The van der Waals surface area contributed by atoms with Gasteiger partial charge in [-0.05, 0) is 46.9 Å². The lowest BCUT2D eigenvalue weighted by molar-refractivity contribution is -0.113. The van der Waals surface area contributed by atoms with Crippen LogP contribution in [0.25, 0.3) is 0 Å². The maximum Gasteiger partial charge on any atom is 0.235 e. The van der Waals surface area contributed by atoms with E-state index < -0.39 is 0 Å². The number of hydrogen-bond donors (Lipinski definition) is 2. The number of nitrogen functional groups attached to an aromatic ring is 1. The van der Waals surface area contributed by atoms with Crippen molar-refractivity contribution in [3.63, 3.8) is 0 Å². The number of carbonyl (C=O) groups excluding carboxylic acids is 1. The molecule has 0 radical (unpaired) electrons. The Morgan fingerprint density at radius 2 is 2.11 bits per heavy atom. The molecule has 0 aliphatic rings. The first-order valence-corrected chi connectivity index (χ1v) is 7.60. The maximum absolute atomic E-state index is 11.8. The summed E-state index contributed by atoms with van der Waals surface area (Å²) in [6, 6.07) is 11.2. The zero-order chi connectivity index (χ0) is 13.7. The van der Waals surface area contributed by atoms with Gasteiger partial charge in [0.2, 0.25) is 5.91 Å². The highest BCUT2D eigenvalue weighted by Crippen LogP contribution is 2.24. The topological polar surface area (TPSA) is 68.0 Å². The zero-order valence-corrected chi connectivity index (χ0v) is 12.9. The summed E-state index contributed by atoms with van der Waals surface area (Å²) in [5.41, 5.74) is 6.50. The fraction of sp³-hybridized carbons (Fsp3) is 0.0769. The van der Waals surface area contributed by atoms with E-state index in [1.165, 1.54) is 11.8 Å². The summed E-state index contributed by atoms with van der Waals surface area (Å²) >= 11 is 3.58. The van der Waals surface area contributed by atoms with Gasteiger partial charge in [0.25, 0.3) is 0 Å². The van der Waals surface area contributed by atoms with Gasteiger partial charge in [-0.15, -0.1) is 11.8 Å². The molecule has 19 heavy (non-hydrogen) atoms. The lowest BCUT2D eigenvalue weighted by Gasteiger charge is -2.06. The monoisotopic (exact) mass is 385 g/mol. The van der Waals surface area contributed by atoms with Crippen LogP contribution in [-0.4, -0.2) is 16.6 Å². The lowest BCUT2D eigenvalue weighted by atomic mass is 10.3. The number of nitrogens with one attached hydrogen (secondary N) is 1. The molecule has 4 nitrogen and oxygen atoms in total. The summed E-state index contributed by atoms with van der Waals surface area (Å²) in [5, 5.41) is 2.74. The fourth-order valence-electron chi connectivity index (χ4n) is 1.38. The molecule has 1 heterocycles. The average Bonchev–Trinajstić information content (AvgIpc) is 2.40. The minimum absolute atomic E-state index is 0.0954. The molecule has 2 aromatic rings. The number of hydrogen-bond acceptors (Lipinski definition) is 4. The van der Waals surface area contributed by atoms with E-state index >= 15 is 0 Å². The van der Waals surface area contributed by atoms with Crippen molar-refractivity contribution >= 4 is 51.8 Å². The van der Waals surface area contributed by atoms with Gasteiger partial charge in [0.1, 0.15) is 5.82 Å². The summed E-state index contributed by atoms with van der Waals surface area (Å²) < 4.78 is 1.03. The molecule has 0 aliphatic carbocycles. The van der Waals surface area contributed by atoms with E-state index in [1.807, 2.05) is 30.3 Å². The third kappa shape index (κ3) is 4.39. The predicted octanol–water partition coefficient (Wildman–Crippen LogP) is 3.00. The number of aromatic nitrogens is 1. The number of nitrogens with zero attached hydrogens (tertiary/aromatic N) is 1. The fourth-order valence-corrected chi connectivity index (χ4v) is 2.47. The van der Waals surface area contributed by atoms with Crippen molar-refractivity contribution in [2.24, 2.45) is 0 Å². The number of halogens is 1. The molecular formula is C13H12IN3OS. The number of pyridine rings is 1. The van der Waals surface area contributed by atoms with Gasteiger partial charge in [0.15, 0.2) is 0 Å². The van der Waals surface area contributed by atoms with Gasteiger partial charge >= 0.3 is 0 Å². The van der Waals surface area contributed by atoms with Crippen molar-refractivity contribution in [3.8, 4) is 0 Å². The highest BCUT2D eigenvalue weighted by molar-refractivity contribution is 14.1. The van der Waals surface area contributed by atoms with Gasteiger partial charge in [0.05, 0.1) is 5.75 Å². The summed E-state index contributed by atoms with van der Waals surface area (Å²) in [5.74, 6) is 0.774. The number of benzene rings is 1. The molecule has 1 aromatic heterocycles. The highest BCUT2D eigenvalue weighted by Gasteiger charge is 2.06. The molecule has 0 aliphatic heterocycles. The molecule has 0 atom stereocenters. The van der Waals surface area contributed by atoms with Crippen LogP contribution in [0.5, 0.6) is 0 Å². The quantitative estimate of drug-likeness (QED) is 0.483. The van der Waals surface area contributed by atoms with Crippen LogP contribution in [0.1, 0.15) is 0 Å². The van der Waals surface area contributed by atoms with E-state index in [1.54, 1.807) is 12.3 Å². The van der Waals surface area contributed by atoms with E-state index in [4.69, 9.17) is 5.73 Å². The number of nitrogens with two attached hydrogens (primary N) is 1. The molecular weight excluding hydrogens is 373 g/mol. The van der Waals surface area contributed by atoms with Crippen LogP contribution in [0.4, 0.5) is 11.5 Å². The summed E-state index contributed by atoms with van der Waals surface area (Å²) in [6.07, 6.45) is 1.71. The molecule has 0 saturated carbocycles. The summed E-state index contributed by atoms with van der Waals surface area (Å²) in [6.45, 7) is 0. The Balaban J connectivity index is 1.88. The molecule has 3 N–H and O–H groups in total. The molecule has 0 fully saturated rings. The molecule has 2 rings (SSSR count). The second-order valence-corrected chi connectivity index (χ2v) is 6.00. The van der Waals surface area contributed by atoms with Gasteiger partial charge in [-0.2, -0.15) is 0 Å². The Labute approximate surface area is 129 Å². The van der Waals surface area contributed by atoms with Crippen LogP contribution in [0.2, 0.25) is 0 Å². The van der Waals surface area contributed by atoms with Crippen LogP contribution >= 0.6 is 34.4 Å². The molecule has 0 unspecified atom stereocenters. The van der Waals surface area contributed by atoms with E-state index in [0.717, 1.165) is 8.47 Å². The second-order valence-electron chi connectivity index (χ2n) is 3.74. The number of carbonyl (C=O) groups is 1. The van der Waals surface area contributed by atoms with Gasteiger partial charge in [-0.3, -0.25) is 4.79 Å². The van der Waals surface area contributed by atoms with E-state index in [2.05, 4.69) is 32.9 Å². The van der Waals surface area contributed by atoms with Gasteiger partial charge in [-0.1, -0.05) is 12.1 Å². The minimum atomic E-state index is -0.0954. The third-order valence-corrected chi connectivity index (χ3v) is 4.00. The first kappa shape index (κ1) is 14.1. The molecule has 6 heteroatoms. The van der Waals surface area contributed by atoms with Crippen LogP contribution in [0.15, 0.2) is 47.5 Å². The molecule has 1 amide bonds. The second kappa shape index (κ2) is 6.76. The molecule has 0 saturated heterocycles. The summed E-state index contributed by atoms with van der Waals surface area (Å²) in [7, 11) is 0. The van der Waals surface area contributed by atoms with E-state index in [-0.39, 0.29) is 5.91 Å². The third-order valence-electron chi connectivity index (χ3n) is 2.27. The molecule has 98 valence electrons. The van der Waals surface area contributed by atoms with E-state index in [9.17, 15) is 4.79 Å². The Kier molecular flexibility index (Phi) is 5.03. The van der Waals surface area contributed by atoms with Crippen LogP contribution in [0.3, 0.4) is 0 Å². The lowest BCUT2D eigenvalue weighted by Crippen LogP contribution is -2.15. The van der Waals surface area contributed by atoms with Crippen molar-refractivity contribution in [3.05, 3.63) is 46.2 Å². The van der Waals surface area contributed by atoms with Crippen LogP contribution < -0.4 is 11.1 Å². The summed E-state index contributed by atoms with van der Waals surface area (Å²) in [4.78, 5) is 16.8. The predicted molar refractivity (Wildman–Crippen MR) is 87.2 cm³/mol. The Morgan fingerprint density at radius 3 is 2.79 bits per heavy atom. The molecule has 0 bridgehead atoms. The number of amides is 1. The van der Waals surface area contributed by atoms with Gasteiger partial charge in [-0.25, -0.2) is 4.98 Å². The number of para-hydroxylation sites is 1. The Hall–Kier alpha value is -1.28. The first-order chi connectivity index (χ1) is 9.15. The van der Waals surface area contributed by atoms with Crippen molar-refractivity contribution in [1.29, 1.82) is 0 Å². The smallest absolute Gasteiger partial charge is 0.235 e. The average molecular weight is 385 g/mol. The Morgan fingerprint density at radius 1 is 1.32 bits per heavy atom. The number of anilines is 2. The van der Waals surface area contributed by atoms with Crippen LogP contribution in [-0.2, 0) is 4.79 Å².